The van der Waals surface area contributed by atoms with Crippen LogP contribution in [-0.2, 0) is 13.6 Å². The van der Waals surface area contributed by atoms with E-state index in [2.05, 4.69) is 37.6 Å². The molecule has 0 bridgehead atoms. The van der Waals surface area contributed by atoms with E-state index in [1.165, 1.54) is 11.3 Å². The van der Waals surface area contributed by atoms with E-state index in [-0.39, 0.29) is 30.0 Å². The van der Waals surface area contributed by atoms with Crippen LogP contribution in [0.1, 0.15) is 37.8 Å². The zero-order chi connectivity index (χ0) is 21.7. The summed E-state index contributed by atoms with van der Waals surface area (Å²) in [6, 6.07) is 0.384. The fraction of sp³-hybridized carbons (Fsp3) is 0.842. The number of aryl methyl sites for hydroxylation is 1. The lowest BCUT2D eigenvalue weighted by Crippen LogP contribution is -2.48. The standard InChI is InChI=1S/C19H33F3N8.HI/c1-4-30-8-5-6-16(30)10-23-18(24-11-17-27-26-14(2)28(17)3)25-15-7-9-29(12-15)13-19(20,21)22;/h15-16H,4-13H2,1-3H3,(H2,23,24,25);1H. The third-order valence-electron chi connectivity index (χ3n) is 5.99. The monoisotopic (exact) mass is 558 g/mol. The van der Waals surface area contributed by atoms with E-state index in [0.29, 0.717) is 38.1 Å². The largest absolute Gasteiger partial charge is 0.401 e. The molecule has 3 rings (SSSR count). The lowest BCUT2D eigenvalue weighted by molar-refractivity contribution is -0.143. The maximum absolute atomic E-state index is 12.7. The molecule has 2 N–H and O–H groups in total. The molecule has 0 radical (unpaired) electrons. The number of rotatable bonds is 7. The Morgan fingerprint density at radius 2 is 2.00 bits per heavy atom. The molecule has 2 fully saturated rings. The molecule has 0 amide bonds. The minimum absolute atomic E-state index is 0. The molecule has 1 aromatic rings. The number of aliphatic imine (C=N–C) groups is 1. The van der Waals surface area contributed by atoms with E-state index in [0.717, 1.165) is 37.7 Å². The van der Waals surface area contributed by atoms with Gasteiger partial charge in [-0.05, 0) is 39.3 Å². The van der Waals surface area contributed by atoms with Crippen LogP contribution in [0.25, 0.3) is 0 Å². The van der Waals surface area contributed by atoms with Gasteiger partial charge in [-0.1, -0.05) is 6.92 Å². The van der Waals surface area contributed by atoms with Crippen molar-refractivity contribution in [3.05, 3.63) is 11.6 Å². The first-order valence-electron chi connectivity index (χ1n) is 10.7. The molecule has 0 aromatic carbocycles. The van der Waals surface area contributed by atoms with Crippen molar-refractivity contribution in [1.29, 1.82) is 0 Å². The minimum Gasteiger partial charge on any atom is -0.355 e. The van der Waals surface area contributed by atoms with Crippen LogP contribution in [0.15, 0.2) is 4.99 Å². The van der Waals surface area contributed by atoms with E-state index in [1.54, 1.807) is 0 Å². The predicted octanol–water partition coefficient (Wildman–Crippen LogP) is 1.90. The minimum atomic E-state index is -4.17. The third kappa shape index (κ3) is 7.74. The molecular formula is C19H34F3IN8. The molecule has 2 saturated heterocycles. The summed E-state index contributed by atoms with van der Waals surface area (Å²) in [5.74, 6) is 2.18. The van der Waals surface area contributed by atoms with Gasteiger partial charge in [0.05, 0.1) is 6.54 Å². The molecule has 8 nitrogen and oxygen atoms in total. The first-order valence-corrected chi connectivity index (χ1v) is 10.7. The average Bonchev–Trinajstić information content (AvgIpc) is 3.39. The Labute approximate surface area is 199 Å². The first-order chi connectivity index (χ1) is 14.2. The molecule has 12 heteroatoms. The molecular weight excluding hydrogens is 524 g/mol. The molecule has 2 atom stereocenters. The second kappa shape index (κ2) is 11.6. The van der Waals surface area contributed by atoms with Gasteiger partial charge in [0.1, 0.15) is 12.4 Å². The Morgan fingerprint density at radius 3 is 2.65 bits per heavy atom. The summed E-state index contributed by atoms with van der Waals surface area (Å²) in [6.45, 7) is 7.20. The number of likely N-dealkylation sites (N-methyl/N-ethyl adjacent to an activating group) is 1. The summed E-state index contributed by atoms with van der Waals surface area (Å²) in [5, 5.41) is 14.9. The van der Waals surface area contributed by atoms with Crippen molar-refractivity contribution in [3.8, 4) is 0 Å². The highest BCUT2D eigenvalue weighted by atomic mass is 127. The highest BCUT2D eigenvalue weighted by molar-refractivity contribution is 14.0. The van der Waals surface area contributed by atoms with E-state index < -0.39 is 12.7 Å². The number of hydrogen-bond acceptors (Lipinski definition) is 5. The normalized spacial score (nSPS) is 23.2. The van der Waals surface area contributed by atoms with Crippen LogP contribution in [0.3, 0.4) is 0 Å². The Bertz CT molecular complexity index is 723. The van der Waals surface area contributed by atoms with E-state index >= 15 is 0 Å². The van der Waals surface area contributed by atoms with Gasteiger partial charge in [0.2, 0.25) is 0 Å². The van der Waals surface area contributed by atoms with Crippen molar-refractivity contribution in [3.63, 3.8) is 0 Å². The summed E-state index contributed by atoms with van der Waals surface area (Å²) in [5.41, 5.74) is 0. The molecule has 2 unspecified atom stereocenters. The van der Waals surface area contributed by atoms with Crippen LogP contribution in [0.4, 0.5) is 13.2 Å². The molecule has 1 aromatic heterocycles. The fourth-order valence-electron chi connectivity index (χ4n) is 4.19. The summed E-state index contributed by atoms with van der Waals surface area (Å²) in [7, 11) is 1.89. The van der Waals surface area contributed by atoms with Gasteiger partial charge in [-0.3, -0.25) is 9.80 Å². The van der Waals surface area contributed by atoms with Crippen molar-refractivity contribution in [1.82, 2.24) is 35.2 Å². The Balaban J connectivity index is 0.00000341. The van der Waals surface area contributed by atoms with Crippen molar-refractivity contribution in [2.24, 2.45) is 12.0 Å². The smallest absolute Gasteiger partial charge is 0.355 e. The van der Waals surface area contributed by atoms with Crippen LogP contribution >= 0.6 is 24.0 Å². The van der Waals surface area contributed by atoms with Crippen LogP contribution in [0, 0.1) is 6.92 Å². The predicted molar refractivity (Wildman–Crippen MR) is 125 cm³/mol. The van der Waals surface area contributed by atoms with Gasteiger partial charge in [-0.25, -0.2) is 4.99 Å². The number of likely N-dealkylation sites (tertiary alicyclic amines) is 2. The van der Waals surface area contributed by atoms with Gasteiger partial charge in [0, 0.05) is 38.8 Å². The number of guanidine groups is 1. The zero-order valence-corrected chi connectivity index (χ0v) is 20.8. The highest BCUT2D eigenvalue weighted by Crippen LogP contribution is 2.20. The Kier molecular flexibility index (Phi) is 9.80. The summed E-state index contributed by atoms with van der Waals surface area (Å²) in [4.78, 5) is 8.54. The first kappa shape index (κ1) is 26.1. The van der Waals surface area contributed by atoms with Crippen molar-refractivity contribution in [2.45, 2.75) is 57.9 Å². The van der Waals surface area contributed by atoms with E-state index in [9.17, 15) is 13.2 Å². The number of nitrogens with zero attached hydrogens (tertiary/aromatic N) is 6. The highest BCUT2D eigenvalue weighted by Gasteiger charge is 2.34. The topological polar surface area (TPSA) is 73.6 Å². The number of nitrogens with one attached hydrogen (secondary N) is 2. The van der Waals surface area contributed by atoms with E-state index in [1.807, 2.05) is 18.5 Å². The third-order valence-corrected chi connectivity index (χ3v) is 5.99. The number of hydrogen-bond donors (Lipinski definition) is 2. The van der Waals surface area contributed by atoms with Gasteiger partial charge in [0.25, 0.3) is 0 Å². The molecule has 0 aliphatic carbocycles. The molecule has 178 valence electrons. The molecule has 0 spiro atoms. The van der Waals surface area contributed by atoms with Gasteiger partial charge in [-0.2, -0.15) is 13.2 Å². The molecule has 2 aliphatic rings. The zero-order valence-electron chi connectivity index (χ0n) is 18.5. The summed E-state index contributed by atoms with van der Waals surface area (Å²) < 4.78 is 40.0. The lowest BCUT2D eigenvalue weighted by Gasteiger charge is -2.25. The van der Waals surface area contributed by atoms with Crippen molar-refractivity contribution in [2.75, 3.05) is 39.3 Å². The maximum atomic E-state index is 12.7. The van der Waals surface area contributed by atoms with Crippen LogP contribution in [0.2, 0.25) is 0 Å². The summed E-state index contributed by atoms with van der Waals surface area (Å²) in [6.07, 6.45) is -1.18. The van der Waals surface area contributed by atoms with Gasteiger partial charge in [-0.15, -0.1) is 34.2 Å². The van der Waals surface area contributed by atoms with Crippen LogP contribution in [0.5, 0.6) is 0 Å². The summed E-state index contributed by atoms with van der Waals surface area (Å²) >= 11 is 0. The SMILES string of the molecule is CCN1CCCC1CNC(=NCc1nnc(C)n1C)NC1CCN(CC(F)(F)F)C1.I. The molecule has 3 heterocycles. The number of halogens is 4. The van der Waals surface area contributed by atoms with Crippen molar-refractivity contribution < 1.29 is 13.2 Å². The van der Waals surface area contributed by atoms with Crippen LogP contribution in [-0.4, -0.2) is 88.1 Å². The van der Waals surface area contributed by atoms with Crippen LogP contribution < -0.4 is 10.6 Å². The fourth-order valence-corrected chi connectivity index (χ4v) is 4.19. The molecule has 2 aliphatic heterocycles. The van der Waals surface area contributed by atoms with E-state index in [4.69, 9.17) is 0 Å². The Hall–Kier alpha value is -1.15. The number of aromatic nitrogens is 3. The molecule has 0 saturated carbocycles. The second-order valence-electron chi connectivity index (χ2n) is 8.17. The second-order valence-corrected chi connectivity index (χ2v) is 8.17. The quantitative estimate of drug-likeness (QED) is 0.303. The Morgan fingerprint density at radius 1 is 1.23 bits per heavy atom. The van der Waals surface area contributed by atoms with Gasteiger partial charge >= 0.3 is 6.18 Å². The molecule has 31 heavy (non-hydrogen) atoms. The van der Waals surface area contributed by atoms with Gasteiger partial charge in [0.15, 0.2) is 11.8 Å². The van der Waals surface area contributed by atoms with Gasteiger partial charge < -0.3 is 15.2 Å². The number of alkyl halides is 3. The average molecular weight is 558 g/mol. The lowest BCUT2D eigenvalue weighted by atomic mass is 10.2. The maximum Gasteiger partial charge on any atom is 0.401 e. The van der Waals surface area contributed by atoms with Crippen molar-refractivity contribution >= 4 is 29.9 Å².